The number of aromatic hydroxyl groups is 1. The van der Waals surface area contributed by atoms with Gasteiger partial charge in [-0.05, 0) is 45.2 Å². The standard InChI is InChI=1S/C26H33N3O6/c1-26(2,3)35-25(34)28-20(16-30)24(33)29(18-13-14-18)22(19-11-7-8-12-21(19)31)23(32)27-15-17-9-5-4-6-10-17/h4-12,18,20,22,30-31H,13-16H2,1-3H3,(H,27,32)(H,28,34). The summed E-state index contributed by atoms with van der Waals surface area (Å²) in [6.45, 7) is 4.61. The SMILES string of the molecule is CC(C)(C)OC(=O)NC(CO)C(=O)N(C1CC1)C(C(=O)NCc1ccccc1)c1ccccc1O. The van der Waals surface area contributed by atoms with E-state index in [0.717, 1.165) is 5.56 Å². The molecule has 2 atom stereocenters. The van der Waals surface area contributed by atoms with Gasteiger partial charge in [0.25, 0.3) is 0 Å². The Morgan fingerprint density at radius 1 is 1.06 bits per heavy atom. The van der Waals surface area contributed by atoms with Crippen molar-refractivity contribution < 1.29 is 29.3 Å². The highest BCUT2D eigenvalue weighted by molar-refractivity contribution is 5.93. The Hall–Kier alpha value is -3.59. The molecule has 0 bridgehead atoms. The van der Waals surface area contributed by atoms with E-state index in [2.05, 4.69) is 10.6 Å². The van der Waals surface area contributed by atoms with E-state index in [1.807, 2.05) is 30.3 Å². The number of nitrogens with one attached hydrogen (secondary N) is 2. The van der Waals surface area contributed by atoms with Crippen LogP contribution in [0.4, 0.5) is 4.79 Å². The maximum absolute atomic E-state index is 13.6. The van der Waals surface area contributed by atoms with Gasteiger partial charge in [0.15, 0.2) is 0 Å². The third-order valence-electron chi connectivity index (χ3n) is 5.43. The van der Waals surface area contributed by atoms with E-state index in [-0.39, 0.29) is 23.9 Å². The molecule has 1 aliphatic rings. The van der Waals surface area contributed by atoms with Crippen molar-refractivity contribution in [3.8, 4) is 5.75 Å². The molecule has 0 spiro atoms. The molecule has 188 valence electrons. The molecule has 2 aromatic carbocycles. The molecule has 2 aromatic rings. The third kappa shape index (κ3) is 7.19. The molecular weight excluding hydrogens is 450 g/mol. The van der Waals surface area contributed by atoms with Gasteiger partial charge in [0.1, 0.15) is 23.4 Å². The fourth-order valence-corrected chi connectivity index (χ4v) is 3.70. The Balaban J connectivity index is 1.89. The maximum atomic E-state index is 13.6. The summed E-state index contributed by atoms with van der Waals surface area (Å²) in [5.41, 5.74) is 0.340. The monoisotopic (exact) mass is 483 g/mol. The first kappa shape index (κ1) is 26.0. The topological polar surface area (TPSA) is 128 Å². The van der Waals surface area contributed by atoms with Crippen LogP contribution in [-0.2, 0) is 20.9 Å². The predicted molar refractivity (Wildman–Crippen MR) is 129 cm³/mol. The summed E-state index contributed by atoms with van der Waals surface area (Å²) in [5.74, 6) is -1.25. The molecular formula is C26H33N3O6. The number of para-hydroxylation sites is 1. The van der Waals surface area contributed by atoms with E-state index in [1.165, 1.54) is 11.0 Å². The molecule has 1 aliphatic carbocycles. The lowest BCUT2D eigenvalue weighted by molar-refractivity contribution is -0.144. The van der Waals surface area contributed by atoms with Gasteiger partial charge >= 0.3 is 6.09 Å². The van der Waals surface area contributed by atoms with E-state index in [9.17, 15) is 24.6 Å². The second kappa shape index (κ2) is 11.2. The van der Waals surface area contributed by atoms with Crippen molar-refractivity contribution in [3.63, 3.8) is 0 Å². The summed E-state index contributed by atoms with van der Waals surface area (Å²) in [6.07, 6.45) is 0.465. The first-order chi connectivity index (χ1) is 16.6. The van der Waals surface area contributed by atoms with Gasteiger partial charge in [-0.3, -0.25) is 9.59 Å². The molecule has 9 heteroatoms. The van der Waals surface area contributed by atoms with Crippen LogP contribution in [0, 0.1) is 0 Å². The third-order valence-corrected chi connectivity index (χ3v) is 5.43. The van der Waals surface area contributed by atoms with Crippen LogP contribution >= 0.6 is 0 Å². The lowest BCUT2D eigenvalue weighted by Gasteiger charge is -2.34. The highest BCUT2D eigenvalue weighted by atomic mass is 16.6. The first-order valence-corrected chi connectivity index (χ1v) is 11.6. The normalized spacial score (nSPS) is 15.0. The summed E-state index contributed by atoms with van der Waals surface area (Å²) in [6, 6.07) is 12.9. The zero-order valence-electron chi connectivity index (χ0n) is 20.2. The molecule has 3 rings (SSSR count). The number of phenols is 1. The lowest BCUT2D eigenvalue weighted by atomic mass is 10.0. The molecule has 0 aromatic heterocycles. The minimum Gasteiger partial charge on any atom is -0.508 e. The molecule has 0 aliphatic heterocycles. The number of nitrogens with zero attached hydrogens (tertiary/aromatic N) is 1. The molecule has 2 unspecified atom stereocenters. The van der Waals surface area contributed by atoms with Crippen molar-refractivity contribution in [2.75, 3.05) is 6.61 Å². The number of ether oxygens (including phenoxy) is 1. The van der Waals surface area contributed by atoms with Gasteiger partial charge in [0.05, 0.1) is 6.61 Å². The number of hydrogen-bond acceptors (Lipinski definition) is 6. The average Bonchev–Trinajstić information content (AvgIpc) is 3.64. The van der Waals surface area contributed by atoms with Crippen molar-refractivity contribution >= 4 is 17.9 Å². The highest BCUT2D eigenvalue weighted by Crippen LogP contribution is 2.38. The highest BCUT2D eigenvalue weighted by Gasteiger charge is 2.44. The molecule has 0 saturated heterocycles. The van der Waals surface area contributed by atoms with Gasteiger partial charge in [-0.1, -0.05) is 48.5 Å². The second-order valence-electron chi connectivity index (χ2n) is 9.52. The molecule has 4 N–H and O–H groups in total. The summed E-state index contributed by atoms with van der Waals surface area (Å²) >= 11 is 0. The minimum absolute atomic E-state index is 0.133. The molecule has 35 heavy (non-hydrogen) atoms. The maximum Gasteiger partial charge on any atom is 0.408 e. The van der Waals surface area contributed by atoms with Crippen molar-refractivity contribution in [3.05, 3.63) is 65.7 Å². The number of rotatable bonds is 9. The number of amides is 3. The number of carbonyl (C=O) groups is 3. The molecule has 0 heterocycles. The number of benzene rings is 2. The largest absolute Gasteiger partial charge is 0.508 e. The Morgan fingerprint density at radius 2 is 1.69 bits per heavy atom. The van der Waals surface area contributed by atoms with Gasteiger partial charge in [-0.2, -0.15) is 0 Å². The number of aliphatic hydroxyl groups is 1. The Morgan fingerprint density at radius 3 is 2.26 bits per heavy atom. The molecule has 1 saturated carbocycles. The summed E-state index contributed by atoms with van der Waals surface area (Å²) in [7, 11) is 0. The summed E-state index contributed by atoms with van der Waals surface area (Å²) < 4.78 is 5.22. The Labute approximate surface area is 205 Å². The number of alkyl carbamates (subject to hydrolysis) is 1. The first-order valence-electron chi connectivity index (χ1n) is 11.6. The molecule has 9 nitrogen and oxygen atoms in total. The predicted octanol–water partition coefficient (Wildman–Crippen LogP) is 2.63. The van der Waals surface area contributed by atoms with E-state index in [4.69, 9.17) is 4.74 Å². The molecule has 0 radical (unpaired) electrons. The van der Waals surface area contributed by atoms with Crippen molar-refractivity contribution in [1.82, 2.24) is 15.5 Å². The quantitative estimate of drug-likeness (QED) is 0.434. The van der Waals surface area contributed by atoms with Crippen LogP contribution in [0.15, 0.2) is 54.6 Å². The van der Waals surface area contributed by atoms with Crippen LogP contribution in [-0.4, -0.2) is 57.3 Å². The number of carbonyl (C=O) groups excluding carboxylic acids is 3. The van der Waals surface area contributed by atoms with E-state index >= 15 is 0 Å². The van der Waals surface area contributed by atoms with E-state index in [0.29, 0.717) is 12.8 Å². The van der Waals surface area contributed by atoms with E-state index in [1.54, 1.807) is 39.0 Å². The van der Waals surface area contributed by atoms with E-state index < -0.39 is 42.2 Å². The second-order valence-corrected chi connectivity index (χ2v) is 9.52. The van der Waals surface area contributed by atoms with Crippen LogP contribution in [0.1, 0.15) is 50.8 Å². The van der Waals surface area contributed by atoms with Gasteiger partial charge in [-0.15, -0.1) is 0 Å². The number of phenolic OH excluding ortho intramolecular Hbond substituents is 1. The smallest absolute Gasteiger partial charge is 0.408 e. The van der Waals surface area contributed by atoms with Crippen molar-refractivity contribution in [2.24, 2.45) is 0 Å². The van der Waals surface area contributed by atoms with Crippen molar-refractivity contribution in [2.45, 2.75) is 63.9 Å². The zero-order chi connectivity index (χ0) is 25.6. The number of aliphatic hydroxyl groups excluding tert-OH is 1. The van der Waals surface area contributed by atoms with Crippen LogP contribution in [0.2, 0.25) is 0 Å². The Kier molecular flexibility index (Phi) is 8.34. The fraction of sp³-hybridized carbons (Fsp3) is 0.423. The molecule has 1 fully saturated rings. The lowest BCUT2D eigenvalue weighted by Crippen LogP contribution is -2.55. The Bertz CT molecular complexity index is 1030. The number of hydrogen-bond donors (Lipinski definition) is 4. The minimum atomic E-state index is -1.32. The van der Waals surface area contributed by atoms with Gasteiger partial charge in [0.2, 0.25) is 11.8 Å². The summed E-state index contributed by atoms with van der Waals surface area (Å²) in [4.78, 5) is 40.7. The van der Waals surface area contributed by atoms with Crippen LogP contribution in [0.5, 0.6) is 5.75 Å². The fourth-order valence-electron chi connectivity index (χ4n) is 3.70. The van der Waals surface area contributed by atoms with Crippen LogP contribution in [0.25, 0.3) is 0 Å². The summed E-state index contributed by atoms with van der Waals surface area (Å²) in [5, 5.41) is 25.7. The van der Waals surface area contributed by atoms with Gasteiger partial charge < -0.3 is 30.5 Å². The average molecular weight is 484 g/mol. The van der Waals surface area contributed by atoms with Crippen LogP contribution in [0.3, 0.4) is 0 Å². The van der Waals surface area contributed by atoms with Crippen LogP contribution < -0.4 is 10.6 Å². The zero-order valence-corrected chi connectivity index (χ0v) is 20.2. The van der Waals surface area contributed by atoms with Crippen molar-refractivity contribution in [1.29, 1.82) is 0 Å². The van der Waals surface area contributed by atoms with Gasteiger partial charge in [0, 0.05) is 18.2 Å². The molecule has 3 amide bonds. The van der Waals surface area contributed by atoms with Gasteiger partial charge in [-0.25, -0.2) is 4.79 Å².